The Morgan fingerprint density at radius 3 is 1.67 bits per heavy atom. The molecule has 6 heteroatoms. The summed E-state index contributed by atoms with van der Waals surface area (Å²) in [6, 6.07) is 22.9. The largest absolute Gasteiger partial charge is 0.507 e. The SMILES string of the molecule is CC(C)(C)OC(=O)NC[C@@](Cc1ccccc1)(C(=O)O)[C@@H](c1ccccc1)c1cc(C(C)(C)C)c(O)c(C(C)(C)C)c1. The van der Waals surface area contributed by atoms with Crippen LogP contribution in [0.4, 0.5) is 4.79 Å². The van der Waals surface area contributed by atoms with Gasteiger partial charge >= 0.3 is 12.1 Å². The van der Waals surface area contributed by atoms with Crippen molar-refractivity contribution in [3.05, 3.63) is 101 Å². The molecule has 0 saturated heterocycles. The molecule has 0 spiro atoms. The summed E-state index contributed by atoms with van der Waals surface area (Å²) in [7, 11) is 0. The summed E-state index contributed by atoms with van der Waals surface area (Å²) in [6.45, 7) is 17.3. The highest BCUT2D eigenvalue weighted by atomic mass is 16.6. The van der Waals surface area contributed by atoms with E-state index in [1.807, 2.05) is 114 Å². The molecule has 0 unspecified atom stereocenters. The first-order valence-electron chi connectivity index (χ1n) is 14.5. The molecule has 0 aromatic heterocycles. The van der Waals surface area contributed by atoms with Crippen LogP contribution in [0.25, 0.3) is 0 Å². The molecule has 3 aromatic rings. The van der Waals surface area contributed by atoms with Gasteiger partial charge in [0.25, 0.3) is 0 Å². The Labute approximate surface area is 251 Å². The summed E-state index contributed by atoms with van der Waals surface area (Å²) in [5, 5.41) is 25.5. The lowest BCUT2D eigenvalue weighted by Crippen LogP contribution is -2.50. The van der Waals surface area contributed by atoms with Crippen molar-refractivity contribution in [1.29, 1.82) is 0 Å². The Balaban J connectivity index is 2.39. The van der Waals surface area contributed by atoms with E-state index in [0.29, 0.717) is 0 Å². The number of aromatic hydroxyl groups is 1. The third kappa shape index (κ3) is 7.72. The zero-order valence-corrected chi connectivity index (χ0v) is 26.5. The predicted octanol–water partition coefficient (Wildman–Crippen LogP) is 7.96. The zero-order valence-electron chi connectivity index (χ0n) is 26.5. The number of amides is 1. The van der Waals surface area contributed by atoms with Crippen molar-refractivity contribution in [2.75, 3.05) is 6.54 Å². The minimum Gasteiger partial charge on any atom is -0.507 e. The van der Waals surface area contributed by atoms with E-state index in [1.54, 1.807) is 20.8 Å². The second-order valence-electron chi connectivity index (χ2n) is 14.3. The second kappa shape index (κ2) is 12.2. The number of ether oxygens (including phenoxy) is 1. The fourth-order valence-electron chi connectivity index (χ4n) is 5.49. The number of hydrogen-bond acceptors (Lipinski definition) is 4. The monoisotopic (exact) mass is 573 g/mol. The predicted molar refractivity (Wildman–Crippen MR) is 168 cm³/mol. The van der Waals surface area contributed by atoms with E-state index in [0.717, 1.165) is 27.8 Å². The van der Waals surface area contributed by atoms with Gasteiger partial charge in [-0.3, -0.25) is 4.79 Å². The van der Waals surface area contributed by atoms with Crippen molar-refractivity contribution in [1.82, 2.24) is 5.32 Å². The molecule has 0 saturated carbocycles. The Kier molecular flexibility index (Phi) is 9.51. The maximum atomic E-state index is 13.7. The van der Waals surface area contributed by atoms with E-state index in [4.69, 9.17) is 4.74 Å². The lowest BCUT2D eigenvalue weighted by atomic mass is 9.64. The summed E-state index contributed by atoms with van der Waals surface area (Å²) >= 11 is 0. The fraction of sp³-hybridized carbons (Fsp3) is 0.444. The molecule has 6 nitrogen and oxygen atoms in total. The lowest BCUT2D eigenvalue weighted by Gasteiger charge is -2.40. The van der Waals surface area contributed by atoms with Crippen LogP contribution in [0.5, 0.6) is 5.75 Å². The number of carbonyl (C=O) groups excluding carboxylic acids is 1. The standard InChI is InChI=1S/C36H47NO5/c1-33(2,3)27-20-26(21-28(30(27)38)34(4,5)6)29(25-18-14-11-15-19-25)36(31(39)40,22-24-16-12-10-13-17-24)23-37-32(41)42-35(7,8)9/h10-21,29,38H,22-23H2,1-9H3,(H,37,41)(H,39,40)/t29-,36+/m0/s1. The minimum atomic E-state index is -1.51. The molecule has 3 aromatic carbocycles. The van der Waals surface area contributed by atoms with Gasteiger partial charge in [0, 0.05) is 12.5 Å². The first-order valence-corrected chi connectivity index (χ1v) is 14.5. The zero-order chi connectivity index (χ0) is 31.5. The minimum absolute atomic E-state index is 0.148. The molecule has 0 aliphatic carbocycles. The third-order valence-electron chi connectivity index (χ3n) is 7.50. The average molecular weight is 574 g/mol. The van der Waals surface area contributed by atoms with Crippen molar-refractivity contribution < 1.29 is 24.5 Å². The molecule has 3 rings (SSSR count). The molecule has 0 heterocycles. The molecule has 0 bridgehead atoms. The van der Waals surface area contributed by atoms with Crippen molar-refractivity contribution in [3.63, 3.8) is 0 Å². The van der Waals surface area contributed by atoms with Crippen molar-refractivity contribution in [2.45, 2.75) is 91.1 Å². The van der Waals surface area contributed by atoms with Crippen LogP contribution in [0.2, 0.25) is 0 Å². The maximum absolute atomic E-state index is 13.7. The number of carbonyl (C=O) groups is 2. The number of carboxylic acids is 1. The molecule has 0 radical (unpaired) electrons. The van der Waals surface area contributed by atoms with Gasteiger partial charge in [-0.05, 0) is 65.8 Å². The van der Waals surface area contributed by atoms with Crippen LogP contribution in [-0.4, -0.2) is 34.4 Å². The van der Waals surface area contributed by atoms with Crippen molar-refractivity contribution in [3.8, 4) is 5.75 Å². The number of phenols is 1. The van der Waals surface area contributed by atoms with Gasteiger partial charge < -0.3 is 20.3 Å². The van der Waals surface area contributed by atoms with Crippen LogP contribution < -0.4 is 5.32 Å². The van der Waals surface area contributed by atoms with Crippen LogP contribution in [0.15, 0.2) is 72.8 Å². The number of aliphatic carboxylic acids is 1. The molecule has 42 heavy (non-hydrogen) atoms. The average Bonchev–Trinajstić information content (AvgIpc) is 2.87. The van der Waals surface area contributed by atoms with E-state index in [9.17, 15) is 19.8 Å². The Hall–Kier alpha value is -3.80. The second-order valence-corrected chi connectivity index (χ2v) is 14.3. The number of carboxylic acid groups (broad SMARTS) is 1. The van der Waals surface area contributed by atoms with E-state index in [-0.39, 0.29) is 18.7 Å². The highest BCUT2D eigenvalue weighted by molar-refractivity contribution is 5.80. The van der Waals surface area contributed by atoms with Crippen molar-refractivity contribution in [2.24, 2.45) is 5.41 Å². The fourth-order valence-corrected chi connectivity index (χ4v) is 5.49. The molecule has 0 aliphatic heterocycles. The van der Waals surface area contributed by atoms with Crippen LogP contribution in [0.1, 0.15) is 96.0 Å². The summed E-state index contributed by atoms with van der Waals surface area (Å²) in [5.41, 5.74) is 0.788. The van der Waals surface area contributed by atoms with Gasteiger partial charge in [0.1, 0.15) is 16.8 Å². The highest BCUT2D eigenvalue weighted by Gasteiger charge is 2.49. The van der Waals surface area contributed by atoms with E-state index in [1.165, 1.54) is 0 Å². The van der Waals surface area contributed by atoms with Crippen LogP contribution >= 0.6 is 0 Å². The molecule has 3 N–H and O–H groups in total. The van der Waals surface area contributed by atoms with Crippen LogP contribution in [-0.2, 0) is 26.8 Å². The van der Waals surface area contributed by atoms with Crippen molar-refractivity contribution >= 4 is 12.1 Å². The Bertz CT molecular complexity index is 1340. The van der Waals surface area contributed by atoms with E-state index < -0.39 is 39.8 Å². The van der Waals surface area contributed by atoms with E-state index in [2.05, 4.69) is 5.32 Å². The maximum Gasteiger partial charge on any atom is 0.407 e. The molecular formula is C36H47NO5. The first kappa shape index (κ1) is 32.7. The molecule has 226 valence electrons. The van der Waals surface area contributed by atoms with E-state index >= 15 is 0 Å². The van der Waals surface area contributed by atoms with Crippen LogP contribution in [0.3, 0.4) is 0 Å². The Morgan fingerprint density at radius 2 is 1.24 bits per heavy atom. The number of alkyl carbamates (subject to hydrolysis) is 1. The summed E-state index contributed by atoms with van der Waals surface area (Å²) in [4.78, 5) is 26.6. The summed E-state index contributed by atoms with van der Waals surface area (Å²) < 4.78 is 5.52. The normalized spacial score (nSPS) is 14.5. The molecular weight excluding hydrogens is 526 g/mol. The van der Waals surface area contributed by atoms with Gasteiger partial charge in [-0.2, -0.15) is 0 Å². The summed E-state index contributed by atoms with van der Waals surface area (Å²) in [6.07, 6.45) is -0.528. The van der Waals surface area contributed by atoms with Gasteiger partial charge in [0.05, 0.1) is 0 Å². The summed E-state index contributed by atoms with van der Waals surface area (Å²) in [5.74, 6) is -1.51. The highest BCUT2D eigenvalue weighted by Crippen LogP contribution is 2.48. The Morgan fingerprint density at radius 1 is 0.762 bits per heavy atom. The first-order chi connectivity index (χ1) is 19.3. The van der Waals surface area contributed by atoms with Gasteiger partial charge in [0.15, 0.2) is 0 Å². The number of nitrogens with one attached hydrogen (secondary N) is 1. The molecule has 0 fully saturated rings. The third-order valence-corrected chi connectivity index (χ3v) is 7.50. The topological polar surface area (TPSA) is 95.9 Å². The van der Waals surface area contributed by atoms with Gasteiger partial charge in [-0.15, -0.1) is 0 Å². The van der Waals surface area contributed by atoms with Gasteiger partial charge in [-0.1, -0.05) is 114 Å². The molecule has 1 amide bonds. The van der Waals surface area contributed by atoms with Gasteiger partial charge in [0.2, 0.25) is 0 Å². The quantitative estimate of drug-likeness (QED) is 0.254. The smallest absolute Gasteiger partial charge is 0.407 e. The number of benzene rings is 3. The number of rotatable bonds is 8. The lowest BCUT2D eigenvalue weighted by molar-refractivity contribution is -0.149. The van der Waals surface area contributed by atoms with Crippen LogP contribution in [0, 0.1) is 5.41 Å². The molecule has 0 aliphatic rings. The number of phenolic OH excluding ortho intramolecular Hbond substituents is 1. The van der Waals surface area contributed by atoms with Gasteiger partial charge in [-0.25, -0.2) is 4.79 Å². The molecule has 2 atom stereocenters. The number of hydrogen-bond donors (Lipinski definition) is 3.